The van der Waals surface area contributed by atoms with Crippen LogP contribution in [0, 0.1) is 0 Å². The molecule has 14 heavy (non-hydrogen) atoms. The average Bonchev–Trinajstić information content (AvgIpc) is 2.19. The molecule has 0 radical (unpaired) electrons. The van der Waals surface area contributed by atoms with Crippen molar-refractivity contribution in [1.82, 2.24) is 0 Å². The summed E-state index contributed by atoms with van der Waals surface area (Å²) in [6, 6.07) is 9.59. The van der Waals surface area contributed by atoms with Crippen molar-refractivity contribution in [3.63, 3.8) is 0 Å². The van der Waals surface area contributed by atoms with Crippen molar-refractivity contribution in [2.75, 3.05) is 13.2 Å². The molecule has 1 aromatic carbocycles. The summed E-state index contributed by atoms with van der Waals surface area (Å²) in [5, 5.41) is 8.63. The second kappa shape index (κ2) is 7.76. The van der Waals surface area contributed by atoms with E-state index in [-0.39, 0.29) is 25.1 Å². The number of hydrogen-bond acceptors (Lipinski definition) is 3. The molecule has 1 aromatic rings. The third-order valence-electron chi connectivity index (χ3n) is 1.68. The predicted molar refractivity (Wildman–Crippen MR) is 58.4 cm³/mol. The van der Waals surface area contributed by atoms with Gasteiger partial charge in [0.15, 0.2) is 0 Å². The minimum absolute atomic E-state index is 0. The van der Waals surface area contributed by atoms with Gasteiger partial charge in [0, 0.05) is 0 Å². The molecule has 0 aromatic heterocycles. The van der Waals surface area contributed by atoms with E-state index in [9.17, 15) is 0 Å². The summed E-state index contributed by atoms with van der Waals surface area (Å²) in [5.74, 6) is 0. The van der Waals surface area contributed by atoms with Crippen LogP contribution in [0.15, 0.2) is 30.3 Å². The Kier molecular flexibility index (Phi) is 7.42. The maximum Gasteiger partial charge on any atom is 0.0717 e. The molecule has 0 aliphatic rings. The van der Waals surface area contributed by atoms with Gasteiger partial charge in [-0.25, -0.2) is 0 Å². The number of aliphatic hydroxyl groups excluding tert-OH is 1. The summed E-state index contributed by atoms with van der Waals surface area (Å²) in [6.07, 6.45) is 0. The van der Waals surface area contributed by atoms with Gasteiger partial charge in [0.1, 0.15) is 0 Å². The van der Waals surface area contributed by atoms with Gasteiger partial charge in [-0.15, -0.1) is 12.4 Å². The van der Waals surface area contributed by atoms with Gasteiger partial charge in [-0.2, -0.15) is 0 Å². The molecule has 3 N–H and O–H groups in total. The molecule has 1 unspecified atom stereocenters. The number of rotatable bonds is 5. The number of nitrogens with two attached hydrogens (primary N) is 1. The zero-order valence-corrected chi connectivity index (χ0v) is 8.74. The number of ether oxygens (including phenoxy) is 1. The van der Waals surface area contributed by atoms with Crippen LogP contribution < -0.4 is 5.73 Å². The number of benzene rings is 1. The third-order valence-corrected chi connectivity index (χ3v) is 1.68. The number of hydrogen-bond donors (Lipinski definition) is 2. The predicted octanol–water partition coefficient (Wildman–Crippen LogP) is 0.945. The van der Waals surface area contributed by atoms with Crippen molar-refractivity contribution in [2.45, 2.75) is 12.6 Å². The molecule has 0 bridgehead atoms. The van der Waals surface area contributed by atoms with Gasteiger partial charge >= 0.3 is 0 Å². The normalized spacial score (nSPS) is 11.9. The lowest BCUT2D eigenvalue weighted by atomic mass is 10.2. The van der Waals surface area contributed by atoms with Gasteiger partial charge < -0.3 is 15.6 Å². The monoisotopic (exact) mass is 217 g/mol. The quantitative estimate of drug-likeness (QED) is 0.772. The molecule has 0 fully saturated rings. The van der Waals surface area contributed by atoms with Gasteiger partial charge in [-0.1, -0.05) is 30.3 Å². The molecule has 3 nitrogen and oxygen atoms in total. The lowest BCUT2D eigenvalue weighted by Crippen LogP contribution is -2.29. The first-order valence-corrected chi connectivity index (χ1v) is 4.31. The maximum atomic E-state index is 8.63. The van der Waals surface area contributed by atoms with E-state index < -0.39 is 0 Å². The van der Waals surface area contributed by atoms with Crippen LogP contribution in [0.5, 0.6) is 0 Å². The van der Waals surface area contributed by atoms with E-state index in [1.54, 1.807) is 0 Å². The smallest absolute Gasteiger partial charge is 0.0717 e. The Morgan fingerprint density at radius 3 is 2.50 bits per heavy atom. The van der Waals surface area contributed by atoms with Gasteiger partial charge in [0.25, 0.3) is 0 Å². The summed E-state index contributed by atoms with van der Waals surface area (Å²) in [7, 11) is 0. The second-order valence-corrected chi connectivity index (χ2v) is 2.94. The van der Waals surface area contributed by atoms with Gasteiger partial charge in [0.2, 0.25) is 0 Å². The van der Waals surface area contributed by atoms with E-state index in [1.807, 2.05) is 30.3 Å². The van der Waals surface area contributed by atoms with Crippen LogP contribution in [0.3, 0.4) is 0 Å². The highest BCUT2D eigenvalue weighted by molar-refractivity contribution is 5.85. The van der Waals surface area contributed by atoms with E-state index in [0.29, 0.717) is 13.2 Å². The first-order chi connectivity index (χ1) is 6.33. The van der Waals surface area contributed by atoms with Gasteiger partial charge in [-0.3, -0.25) is 0 Å². The minimum atomic E-state index is -0.274. The molecular weight excluding hydrogens is 202 g/mol. The fourth-order valence-corrected chi connectivity index (χ4v) is 0.955. The zero-order chi connectivity index (χ0) is 9.52. The van der Waals surface area contributed by atoms with Crippen LogP contribution in [-0.2, 0) is 11.3 Å². The third kappa shape index (κ3) is 5.19. The Labute approximate surface area is 90.3 Å². The molecule has 0 spiro atoms. The summed E-state index contributed by atoms with van der Waals surface area (Å²) in [5.41, 5.74) is 6.58. The number of aliphatic hydroxyl groups is 1. The van der Waals surface area contributed by atoms with E-state index >= 15 is 0 Å². The van der Waals surface area contributed by atoms with E-state index in [2.05, 4.69) is 0 Å². The van der Waals surface area contributed by atoms with Crippen LogP contribution in [-0.4, -0.2) is 24.4 Å². The summed E-state index contributed by atoms with van der Waals surface area (Å²) < 4.78 is 5.29. The van der Waals surface area contributed by atoms with Crippen LogP contribution in [0.4, 0.5) is 0 Å². The minimum Gasteiger partial charge on any atom is -0.395 e. The molecule has 80 valence electrons. The maximum absolute atomic E-state index is 8.63. The summed E-state index contributed by atoms with van der Waals surface area (Å²) in [4.78, 5) is 0. The van der Waals surface area contributed by atoms with Crippen molar-refractivity contribution < 1.29 is 9.84 Å². The standard InChI is InChI=1S/C10H15NO2.ClH/c11-10(6-12)8-13-7-9-4-2-1-3-5-9;/h1-5,10,12H,6-8,11H2;1H. The Morgan fingerprint density at radius 1 is 1.29 bits per heavy atom. The fraction of sp³-hybridized carbons (Fsp3) is 0.400. The Morgan fingerprint density at radius 2 is 1.93 bits per heavy atom. The molecule has 0 aliphatic carbocycles. The van der Waals surface area contributed by atoms with E-state index in [0.717, 1.165) is 5.56 Å². The van der Waals surface area contributed by atoms with Crippen LogP contribution in [0.25, 0.3) is 0 Å². The molecule has 0 saturated heterocycles. The van der Waals surface area contributed by atoms with Crippen molar-refractivity contribution in [1.29, 1.82) is 0 Å². The topological polar surface area (TPSA) is 55.5 Å². The molecule has 0 saturated carbocycles. The lowest BCUT2D eigenvalue weighted by Gasteiger charge is -2.08. The van der Waals surface area contributed by atoms with Crippen molar-refractivity contribution >= 4 is 12.4 Å². The zero-order valence-electron chi connectivity index (χ0n) is 7.93. The highest BCUT2D eigenvalue weighted by Crippen LogP contribution is 2.00. The van der Waals surface area contributed by atoms with Gasteiger partial charge in [0.05, 0.1) is 25.9 Å². The Bertz CT molecular complexity index is 231. The molecule has 4 heteroatoms. The first-order valence-electron chi connectivity index (χ1n) is 4.31. The molecule has 0 aliphatic heterocycles. The van der Waals surface area contributed by atoms with Crippen LogP contribution in [0.2, 0.25) is 0 Å². The van der Waals surface area contributed by atoms with Crippen molar-refractivity contribution in [3.05, 3.63) is 35.9 Å². The summed E-state index contributed by atoms with van der Waals surface area (Å²) in [6.45, 7) is 0.911. The molecule has 1 atom stereocenters. The molecular formula is C10H16ClNO2. The largest absolute Gasteiger partial charge is 0.395 e. The molecule has 0 amide bonds. The molecule has 0 heterocycles. The van der Waals surface area contributed by atoms with Gasteiger partial charge in [-0.05, 0) is 5.56 Å². The Hall–Kier alpha value is -0.610. The Balaban J connectivity index is 0.00000169. The number of halogens is 1. The van der Waals surface area contributed by atoms with Crippen LogP contribution in [0.1, 0.15) is 5.56 Å². The second-order valence-electron chi connectivity index (χ2n) is 2.94. The highest BCUT2D eigenvalue weighted by Gasteiger charge is 1.99. The first kappa shape index (κ1) is 13.4. The highest BCUT2D eigenvalue weighted by atomic mass is 35.5. The lowest BCUT2D eigenvalue weighted by molar-refractivity contribution is 0.0899. The van der Waals surface area contributed by atoms with E-state index in [4.69, 9.17) is 15.6 Å². The van der Waals surface area contributed by atoms with E-state index in [1.165, 1.54) is 0 Å². The fourth-order valence-electron chi connectivity index (χ4n) is 0.955. The van der Waals surface area contributed by atoms with Crippen molar-refractivity contribution in [2.24, 2.45) is 5.73 Å². The van der Waals surface area contributed by atoms with Crippen LogP contribution >= 0.6 is 12.4 Å². The average molecular weight is 218 g/mol. The SMILES string of the molecule is Cl.NC(CO)COCc1ccccc1. The summed E-state index contributed by atoms with van der Waals surface area (Å²) >= 11 is 0. The van der Waals surface area contributed by atoms with Crippen molar-refractivity contribution in [3.8, 4) is 0 Å². The molecule has 1 rings (SSSR count).